The fourth-order valence-corrected chi connectivity index (χ4v) is 4.54. The first-order valence-corrected chi connectivity index (χ1v) is 9.02. The van der Waals surface area contributed by atoms with E-state index in [0.717, 1.165) is 5.56 Å². The van der Waals surface area contributed by atoms with Crippen molar-refractivity contribution in [1.82, 2.24) is 4.98 Å². The van der Waals surface area contributed by atoms with Crippen LogP contribution in [0.2, 0.25) is 10.0 Å². The van der Waals surface area contributed by atoms with Crippen molar-refractivity contribution in [2.75, 3.05) is 6.61 Å². The molecule has 3 aromatic rings. The van der Waals surface area contributed by atoms with Gasteiger partial charge in [-0.1, -0.05) is 23.2 Å². The highest BCUT2D eigenvalue weighted by atomic mass is 35.5. The number of nitrogens with zero attached hydrogens (tertiary/aromatic N) is 1. The summed E-state index contributed by atoms with van der Waals surface area (Å²) < 4.78 is 12.2. The van der Waals surface area contributed by atoms with Gasteiger partial charge in [-0.05, 0) is 23.1 Å². The van der Waals surface area contributed by atoms with Crippen molar-refractivity contribution in [3.05, 3.63) is 50.9 Å². The van der Waals surface area contributed by atoms with Crippen LogP contribution >= 0.6 is 34.5 Å². The van der Waals surface area contributed by atoms with Crippen LogP contribution in [0.15, 0.2) is 29.8 Å². The molecule has 128 valence electrons. The van der Waals surface area contributed by atoms with Crippen LogP contribution in [0.25, 0.3) is 10.1 Å². The van der Waals surface area contributed by atoms with E-state index in [2.05, 4.69) is 4.98 Å². The molecule has 25 heavy (non-hydrogen) atoms. The van der Waals surface area contributed by atoms with Gasteiger partial charge in [0.15, 0.2) is 6.10 Å². The van der Waals surface area contributed by atoms with Crippen LogP contribution in [0.5, 0.6) is 11.6 Å². The standard InChI is InChI=1S/C17H11Cl2NO4S/c18-10-5-11(24-12-6-23-17-9(12)2-1-3-20-17)15(19)16-14(10)8(7-25-16)4-13(21)22/h1-3,5,7,12H,4,6H2,(H,21,22). The maximum atomic E-state index is 11.0. The third-order valence-electron chi connectivity index (χ3n) is 3.91. The van der Waals surface area contributed by atoms with E-state index >= 15 is 0 Å². The van der Waals surface area contributed by atoms with E-state index in [9.17, 15) is 4.79 Å². The van der Waals surface area contributed by atoms with Crippen molar-refractivity contribution in [3.63, 3.8) is 0 Å². The van der Waals surface area contributed by atoms with Crippen molar-refractivity contribution < 1.29 is 19.4 Å². The van der Waals surface area contributed by atoms with E-state index in [0.29, 0.717) is 43.9 Å². The van der Waals surface area contributed by atoms with Crippen molar-refractivity contribution in [1.29, 1.82) is 0 Å². The van der Waals surface area contributed by atoms with Crippen molar-refractivity contribution >= 4 is 50.6 Å². The smallest absolute Gasteiger partial charge is 0.307 e. The Morgan fingerprint density at radius 3 is 3.12 bits per heavy atom. The fraction of sp³-hybridized carbons (Fsp3) is 0.176. The third kappa shape index (κ3) is 2.90. The summed E-state index contributed by atoms with van der Waals surface area (Å²) in [5.41, 5.74) is 1.50. The summed E-state index contributed by atoms with van der Waals surface area (Å²) in [7, 11) is 0. The number of thiophene rings is 1. The monoisotopic (exact) mass is 395 g/mol. The molecule has 4 rings (SSSR count). The third-order valence-corrected chi connectivity index (χ3v) is 5.74. The van der Waals surface area contributed by atoms with E-state index in [1.54, 1.807) is 17.6 Å². The minimum absolute atomic E-state index is 0.105. The molecule has 8 heteroatoms. The molecule has 0 aliphatic carbocycles. The average molecular weight is 396 g/mol. The topological polar surface area (TPSA) is 68.7 Å². The Balaban J connectivity index is 1.72. The van der Waals surface area contributed by atoms with Crippen LogP contribution in [-0.2, 0) is 11.2 Å². The number of fused-ring (bicyclic) bond motifs is 2. The molecule has 1 atom stereocenters. The zero-order chi connectivity index (χ0) is 17.6. The number of carboxylic acid groups (broad SMARTS) is 1. The molecular formula is C17H11Cl2NO4S. The molecule has 0 spiro atoms. The highest BCUT2D eigenvalue weighted by Gasteiger charge is 2.28. The van der Waals surface area contributed by atoms with E-state index in [1.807, 2.05) is 12.1 Å². The van der Waals surface area contributed by atoms with Gasteiger partial charge in [0.1, 0.15) is 17.4 Å². The first-order valence-electron chi connectivity index (χ1n) is 7.39. The first kappa shape index (κ1) is 16.4. The molecule has 0 bridgehead atoms. The molecule has 1 aliphatic heterocycles. The molecule has 0 saturated carbocycles. The fourth-order valence-electron chi connectivity index (χ4n) is 2.82. The zero-order valence-corrected chi connectivity index (χ0v) is 15.0. The number of aromatic nitrogens is 1. The molecule has 0 amide bonds. The first-order chi connectivity index (χ1) is 12.0. The lowest BCUT2D eigenvalue weighted by Gasteiger charge is -2.15. The number of carbonyl (C=O) groups is 1. The minimum Gasteiger partial charge on any atom is -0.481 e. The molecule has 0 fully saturated rings. The summed E-state index contributed by atoms with van der Waals surface area (Å²) in [5, 5.41) is 12.3. The Morgan fingerprint density at radius 2 is 2.32 bits per heavy atom. The largest absolute Gasteiger partial charge is 0.481 e. The molecule has 1 N–H and O–H groups in total. The van der Waals surface area contributed by atoms with Gasteiger partial charge in [-0.2, -0.15) is 0 Å². The van der Waals surface area contributed by atoms with Gasteiger partial charge in [-0.15, -0.1) is 11.3 Å². The molecule has 1 aliphatic rings. The summed E-state index contributed by atoms with van der Waals surface area (Å²) >= 11 is 14.2. The SMILES string of the molecule is O=C(O)Cc1csc2c(Cl)c(OC3COc4ncccc43)cc(Cl)c12. The van der Waals surface area contributed by atoms with Crippen LogP contribution < -0.4 is 9.47 Å². The highest BCUT2D eigenvalue weighted by Crippen LogP contribution is 2.45. The lowest BCUT2D eigenvalue weighted by atomic mass is 10.1. The summed E-state index contributed by atoms with van der Waals surface area (Å²) in [6.07, 6.45) is 1.23. The molecule has 1 unspecified atom stereocenters. The quantitative estimate of drug-likeness (QED) is 0.690. The van der Waals surface area contributed by atoms with Crippen molar-refractivity contribution in [2.24, 2.45) is 0 Å². The van der Waals surface area contributed by atoms with Gasteiger partial charge in [0.2, 0.25) is 5.88 Å². The predicted molar refractivity (Wildman–Crippen MR) is 96.3 cm³/mol. The second kappa shape index (κ2) is 6.37. The number of hydrogen-bond donors (Lipinski definition) is 1. The maximum absolute atomic E-state index is 11.0. The number of pyridine rings is 1. The van der Waals surface area contributed by atoms with E-state index in [1.165, 1.54) is 11.3 Å². The molecule has 2 aromatic heterocycles. The Morgan fingerprint density at radius 1 is 1.48 bits per heavy atom. The Kier molecular flexibility index (Phi) is 4.19. The lowest BCUT2D eigenvalue weighted by molar-refractivity contribution is -0.136. The normalized spacial score (nSPS) is 15.8. The van der Waals surface area contributed by atoms with Crippen LogP contribution in [0.3, 0.4) is 0 Å². The van der Waals surface area contributed by atoms with Gasteiger partial charge in [0.25, 0.3) is 0 Å². The Bertz CT molecular complexity index is 988. The van der Waals surface area contributed by atoms with Gasteiger partial charge < -0.3 is 14.6 Å². The number of rotatable bonds is 4. The van der Waals surface area contributed by atoms with Gasteiger partial charge in [0, 0.05) is 17.6 Å². The maximum Gasteiger partial charge on any atom is 0.307 e. The van der Waals surface area contributed by atoms with Crippen LogP contribution in [0.4, 0.5) is 0 Å². The van der Waals surface area contributed by atoms with Gasteiger partial charge >= 0.3 is 5.97 Å². The van der Waals surface area contributed by atoms with E-state index in [-0.39, 0.29) is 12.5 Å². The minimum atomic E-state index is -0.917. The van der Waals surface area contributed by atoms with Crippen molar-refractivity contribution in [2.45, 2.75) is 12.5 Å². The number of ether oxygens (including phenoxy) is 2. The second-order valence-corrected chi connectivity index (χ2v) is 7.19. The van der Waals surface area contributed by atoms with Crippen LogP contribution in [0.1, 0.15) is 17.2 Å². The second-order valence-electron chi connectivity index (χ2n) is 5.52. The molecule has 0 radical (unpaired) electrons. The number of carboxylic acids is 1. The molecule has 5 nitrogen and oxygen atoms in total. The number of halogens is 2. The van der Waals surface area contributed by atoms with E-state index in [4.69, 9.17) is 37.8 Å². The number of hydrogen-bond acceptors (Lipinski definition) is 5. The number of aliphatic carboxylic acids is 1. The average Bonchev–Trinajstić information content (AvgIpc) is 3.17. The molecule has 1 aromatic carbocycles. The van der Waals surface area contributed by atoms with Gasteiger partial charge in [0.05, 0.1) is 21.7 Å². The van der Waals surface area contributed by atoms with Crippen molar-refractivity contribution in [3.8, 4) is 11.6 Å². The van der Waals surface area contributed by atoms with E-state index < -0.39 is 5.97 Å². The summed E-state index contributed by atoms with van der Waals surface area (Å²) in [6.45, 7) is 0.340. The Hall–Kier alpha value is -2.02. The number of benzene rings is 1. The summed E-state index contributed by atoms with van der Waals surface area (Å²) in [6, 6.07) is 5.34. The van der Waals surface area contributed by atoms with Gasteiger partial charge in [-0.3, -0.25) is 4.79 Å². The highest BCUT2D eigenvalue weighted by molar-refractivity contribution is 7.18. The predicted octanol–water partition coefficient (Wildman–Crippen LogP) is 4.74. The zero-order valence-electron chi connectivity index (χ0n) is 12.7. The lowest BCUT2D eigenvalue weighted by Crippen LogP contribution is -2.09. The molecular weight excluding hydrogens is 385 g/mol. The molecule has 0 saturated heterocycles. The summed E-state index contributed by atoms with van der Waals surface area (Å²) in [4.78, 5) is 15.2. The summed E-state index contributed by atoms with van der Waals surface area (Å²) in [5.74, 6) is 0.0725. The molecule has 3 heterocycles. The van der Waals surface area contributed by atoms with Crippen LogP contribution in [0, 0.1) is 0 Å². The van der Waals surface area contributed by atoms with Crippen LogP contribution in [-0.4, -0.2) is 22.7 Å². The van der Waals surface area contributed by atoms with Gasteiger partial charge in [-0.25, -0.2) is 4.98 Å². The Labute approximate surface area is 156 Å².